The van der Waals surface area contributed by atoms with E-state index >= 15 is 0 Å². The second kappa shape index (κ2) is 6.68. The third kappa shape index (κ3) is 3.68. The van der Waals surface area contributed by atoms with Crippen LogP contribution in [0.3, 0.4) is 0 Å². The fourth-order valence-corrected chi connectivity index (χ4v) is 3.11. The van der Waals surface area contributed by atoms with Crippen LogP contribution in [0, 0.1) is 5.92 Å². The number of carbonyl (C=O) groups is 1. The minimum absolute atomic E-state index is 0.0283. The molecular weight excluding hydrogens is 244 g/mol. The van der Waals surface area contributed by atoms with Gasteiger partial charge in [-0.2, -0.15) is 0 Å². The van der Waals surface area contributed by atoms with Gasteiger partial charge in [-0.25, -0.2) is 0 Å². The Balaban J connectivity index is 1.90. The molecule has 1 saturated heterocycles. The van der Waals surface area contributed by atoms with Crippen LogP contribution in [0.1, 0.15) is 39.0 Å². The van der Waals surface area contributed by atoms with Crippen molar-refractivity contribution in [2.24, 2.45) is 11.7 Å². The van der Waals surface area contributed by atoms with Crippen molar-refractivity contribution in [2.45, 2.75) is 57.2 Å². The van der Waals surface area contributed by atoms with Crippen LogP contribution in [0.2, 0.25) is 0 Å². The average Bonchev–Trinajstić information content (AvgIpc) is 2.42. The molecule has 0 spiro atoms. The predicted octanol–water partition coefficient (Wildman–Crippen LogP) is 0.502. The van der Waals surface area contributed by atoms with Gasteiger partial charge in [0.2, 0.25) is 5.91 Å². The Kier molecular flexibility index (Phi) is 5.19. The lowest BCUT2D eigenvalue weighted by atomic mass is 9.82. The van der Waals surface area contributed by atoms with Gasteiger partial charge in [0.25, 0.3) is 0 Å². The number of morpholine rings is 1. The molecule has 0 bridgehead atoms. The van der Waals surface area contributed by atoms with Crippen molar-refractivity contribution in [3.05, 3.63) is 0 Å². The molecule has 1 saturated carbocycles. The van der Waals surface area contributed by atoms with Crippen LogP contribution in [-0.2, 0) is 9.53 Å². The van der Waals surface area contributed by atoms with Crippen LogP contribution >= 0.6 is 0 Å². The second-order valence-corrected chi connectivity index (χ2v) is 5.95. The highest BCUT2D eigenvalue weighted by Gasteiger charge is 2.32. The summed E-state index contributed by atoms with van der Waals surface area (Å²) in [6, 6.07) is 0.262. The molecule has 19 heavy (non-hydrogen) atoms. The van der Waals surface area contributed by atoms with Gasteiger partial charge in [-0.1, -0.05) is 12.8 Å². The third-order valence-electron chi connectivity index (χ3n) is 4.43. The minimum Gasteiger partial charge on any atom is -0.394 e. The van der Waals surface area contributed by atoms with Gasteiger partial charge in [-0.05, 0) is 25.7 Å². The number of amides is 1. The van der Waals surface area contributed by atoms with Gasteiger partial charge < -0.3 is 20.5 Å². The summed E-state index contributed by atoms with van der Waals surface area (Å²) in [5.74, 6) is 0.487. The highest BCUT2D eigenvalue weighted by molar-refractivity contribution is 5.77. The summed E-state index contributed by atoms with van der Waals surface area (Å²) in [4.78, 5) is 14.3. The predicted molar refractivity (Wildman–Crippen MR) is 72.6 cm³/mol. The first-order valence-corrected chi connectivity index (χ1v) is 7.39. The summed E-state index contributed by atoms with van der Waals surface area (Å²) in [6.07, 6.45) is 4.78. The Labute approximate surface area is 115 Å². The van der Waals surface area contributed by atoms with Crippen LogP contribution in [-0.4, -0.2) is 53.9 Å². The molecule has 4 unspecified atom stereocenters. The summed E-state index contributed by atoms with van der Waals surface area (Å²) in [5.41, 5.74) is 6.11. The maximum absolute atomic E-state index is 12.4. The molecule has 1 aliphatic heterocycles. The van der Waals surface area contributed by atoms with E-state index in [-0.39, 0.29) is 30.7 Å². The first-order chi connectivity index (χ1) is 9.11. The molecule has 1 aliphatic carbocycles. The van der Waals surface area contributed by atoms with Crippen molar-refractivity contribution in [2.75, 3.05) is 19.8 Å². The molecule has 0 aromatic rings. The van der Waals surface area contributed by atoms with Crippen molar-refractivity contribution in [3.8, 4) is 0 Å². The minimum atomic E-state index is -0.236. The molecule has 1 amide bonds. The lowest BCUT2D eigenvalue weighted by molar-refractivity contribution is -0.147. The van der Waals surface area contributed by atoms with E-state index in [0.29, 0.717) is 25.5 Å². The lowest BCUT2D eigenvalue weighted by Gasteiger charge is -2.39. The third-order valence-corrected chi connectivity index (χ3v) is 4.43. The number of aliphatic hydroxyl groups is 1. The normalized spacial score (nSPS) is 36.3. The van der Waals surface area contributed by atoms with Gasteiger partial charge in [-0.3, -0.25) is 4.79 Å². The molecule has 5 nitrogen and oxygen atoms in total. The molecule has 3 N–H and O–H groups in total. The molecule has 0 radical (unpaired) electrons. The summed E-state index contributed by atoms with van der Waals surface area (Å²) in [5, 5.41) is 9.16. The quantitative estimate of drug-likeness (QED) is 0.783. The van der Waals surface area contributed by atoms with Crippen molar-refractivity contribution in [1.29, 1.82) is 0 Å². The zero-order valence-electron chi connectivity index (χ0n) is 11.8. The van der Waals surface area contributed by atoms with Gasteiger partial charge in [0.05, 0.1) is 25.4 Å². The van der Waals surface area contributed by atoms with E-state index in [9.17, 15) is 4.79 Å². The molecule has 110 valence electrons. The molecule has 2 aliphatic rings. The largest absolute Gasteiger partial charge is 0.394 e. The maximum Gasteiger partial charge on any atom is 0.223 e. The smallest absolute Gasteiger partial charge is 0.223 e. The van der Waals surface area contributed by atoms with Crippen molar-refractivity contribution in [1.82, 2.24) is 4.90 Å². The summed E-state index contributed by atoms with van der Waals surface area (Å²) in [6.45, 7) is 2.97. The van der Waals surface area contributed by atoms with Gasteiger partial charge in [0, 0.05) is 19.0 Å². The number of hydrogen-bond acceptors (Lipinski definition) is 4. The van der Waals surface area contributed by atoms with E-state index in [2.05, 4.69) is 0 Å². The molecule has 1 heterocycles. The Bertz CT molecular complexity index is 311. The number of ether oxygens (including phenoxy) is 1. The van der Waals surface area contributed by atoms with Gasteiger partial charge in [-0.15, -0.1) is 0 Å². The molecule has 0 aromatic heterocycles. The van der Waals surface area contributed by atoms with Crippen molar-refractivity contribution in [3.63, 3.8) is 0 Å². The summed E-state index contributed by atoms with van der Waals surface area (Å²) in [7, 11) is 0. The Morgan fingerprint density at radius 3 is 2.84 bits per heavy atom. The number of nitrogens with zero attached hydrogens (tertiary/aromatic N) is 1. The number of rotatable bonds is 3. The van der Waals surface area contributed by atoms with E-state index in [0.717, 1.165) is 12.8 Å². The monoisotopic (exact) mass is 270 g/mol. The fourth-order valence-electron chi connectivity index (χ4n) is 3.11. The zero-order valence-corrected chi connectivity index (χ0v) is 11.8. The van der Waals surface area contributed by atoms with Gasteiger partial charge >= 0.3 is 0 Å². The van der Waals surface area contributed by atoms with E-state index in [1.54, 1.807) is 0 Å². The van der Waals surface area contributed by atoms with Crippen molar-refractivity contribution < 1.29 is 14.6 Å². The van der Waals surface area contributed by atoms with E-state index in [1.807, 2.05) is 11.8 Å². The molecule has 0 aromatic carbocycles. The lowest BCUT2D eigenvalue weighted by Crippen LogP contribution is -2.52. The first-order valence-electron chi connectivity index (χ1n) is 7.39. The maximum atomic E-state index is 12.4. The number of aliphatic hydroxyl groups excluding tert-OH is 1. The van der Waals surface area contributed by atoms with Gasteiger partial charge in [0.1, 0.15) is 0 Å². The summed E-state index contributed by atoms with van der Waals surface area (Å²) >= 11 is 0. The molecule has 2 rings (SSSR count). The molecule has 5 heteroatoms. The van der Waals surface area contributed by atoms with E-state index in [4.69, 9.17) is 15.6 Å². The average molecular weight is 270 g/mol. The second-order valence-electron chi connectivity index (χ2n) is 5.95. The number of carbonyl (C=O) groups excluding carboxylic acids is 1. The number of hydrogen-bond donors (Lipinski definition) is 2. The molecule has 4 atom stereocenters. The van der Waals surface area contributed by atoms with Crippen LogP contribution in [0.15, 0.2) is 0 Å². The first kappa shape index (κ1) is 14.8. The standard InChI is InChI=1S/C14H26N2O3/c1-10-9-19-12(8-17)7-16(10)14(18)6-11-4-2-3-5-13(11)15/h10-13,17H,2-9,15H2,1H3. The Hall–Kier alpha value is -0.650. The van der Waals surface area contributed by atoms with Crippen LogP contribution in [0.25, 0.3) is 0 Å². The Morgan fingerprint density at radius 1 is 1.42 bits per heavy atom. The molecule has 2 fully saturated rings. The van der Waals surface area contributed by atoms with E-state index in [1.165, 1.54) is 12.8 Å². The highest BCUT2D eigenvalue weighted by Crippen LogP contribution is 2.27. The topological polar surface area (TPSA) is 75.8 Å². The molecular formula is C14H26N2O3. The van der Waals surface area contributed by atoms with E-state index < -0.39 is 0 Å². The fraction of sp³-hybridized carbons (Fsp3) is 0.929. The van der Waals surface area contributed by atoms with Crippen LogP contribution < -0.4 is 5.73 Å². The van der Waals surface area contributed by atoms with Gasteiger partial charge in [0.15, 0.2) is 0 Å². The Morgan fingerprint density at radius 2 is 2.16 bits per heavy atom. The van der Waals surface area contributed by atoms with Crippen LogP contribution in [0.4, 0.5) is 0 Å². The van der Waals surface area contributed by atoms with Crippen molar-refractivity contribution >= 4 is 5.91 Å². The zero-order chi connectivity index (χ0) is 13.8. The number of nitrogens with two attached hydrogens (primary N) is 1. The van der Waals surface area contributed by atoms with Crippen LogP contribution in [0.5, 0.6) is 0 Å². The SMILES string of the molecule is CC1COC(CO)CN1C(=O)CC1CCCCC1N. The summed E-state index contributed by atoms with van der Waals surface area (Å²) < 4.78 is 5.46. The highest BCUT2D eigenvalue weighted by atomic mass is 16.5.